The molecule has 0 aromatic carbocycles. The zero-order valence-corrected chi connectivity index (χ0v) is 11.4. The van der Waals surface area contributed by atoms with Gasteiger partial charge in [-0.25, -0.2) is 13.6 Å². The monoisotopic (exact) mass is 281 g/mol. The predicted molar refractivity (Wildman–Crippen MR) is 66.1 cm³/mol. The molecule has 104 valence electrons. The number of oxime groups is 1. The summed E-state index contributed by atoms with van der Waals surface area (Å²) in [7, 11) is 1.33. The number of carbonyl (C=O) groups excluding carboxylic acids is 1. The van der Waals surface area contributed by atoms with Crippen molar-refractivity contribution in [3.05, 3.63) is 0 Å². The van der Waals surface area contributed by atoms with Crippen molar-refractivity contribution in [1.29, 1.82) is 0 Å². The summed E-state index contributed by atoms with van der Waals surface area (Å²) in [4.78, 5) is 16.1. The maximum absolute atomic E-state index is 12.7. The van der Waals surface area contributed by atoms with E-state index in [2.05, 4.69) is 9.99 Å². The third kappa shape index (κ3) is 4.12. The maximum atomic E-state index is 12.7. The van der Waals surface area contributed by atoms with Gasteiger partial charge >= 0.3 is 5.97 Å². The number of rotatable bonds is 7. The lowest BCUT2D eigenvalue weighted by Gasteiger charge is -2.12. The van der Waals surface area contributed by atoms with Gasteiger partial charge in [-0.15, -0.1) is 0 Å². The first-order valence-corrected chi connectivity index (χ1v) is 6.74. The molecular weight excluding hydrogens is 264 g/mol. The van der Waals surface area contributed by atoms with E-state index < -0.39 is 17.8 Å². The van der Waals surface area contributed by atoms with Gasteiger partial charge in [-0.1, -0.05) is 5.16 Å². The van der Waals surface area contributed by atoms with E-state index in [1.807, 2.05) is 0 Å². The average molecular weight is 281 g/mol. The lowest BCUT2D eigenvalue weighted by Crippen LogP contribution is -2.27. The van der Waals surface area contributed by atoms with E-state index >= 15 is 0 Å². The summed E-state index contributed by atoms with van der Waals surface area (Å²) in [5.41, 5.74) is 0.119. The Morgan fingerprint density at radius 3 is 2.67 bits per heavy atom. The summed E-state index contributed by atoms with van der Waals surface area (Å²) in [6.07, 6.45) is -0.0666. The minimum Gasteiger partial charge on any atom is -0.461 e. The third-order valence-corrected chi connectivity index (χ3v) is 3.88. The second-order valence-corrected chi connectivity index (χ2v) is 5.39. The van der Waals surface area contributed by atoms with Crippen molar-refractivity contribution in [2.45, 2.75) is 31.4 Å². The molecule has 0 aliphatic heterocycles. The normalized spacial score (nSPS) is 23.4. The molecule has 0 bridgehead atoms. The van der Waals surface area contributed by atoms with Gasteiger partial charge in [0.15, 0.2) is 5.71 Å². The lowest BCUT2D eigenvalue weighted by molar-refractivity contribution is -0.135. The quantitative estimate of drug-likeness (QED) is 0.408. The Hall–Kier alpha value is -0.850. The van der Waals surface area contributed by atoms with Gasteiger partial charge in [-0.05, 0) is 13.8 Å². The summed E-state index contributed by atoms with van der Waals surface area (Å²) in [5, 5.41) is 3.28. The lowest BCUT2D eigenvalue weighted by atomic mass is 10.3. The highest BCUT2D eigenvalue weighted by Crippen LogP contribution is 2.50. The maximum Gasteiger partial charge on any atom is 0.357 e. The highest BCUT2D eigenvalue weighted by molar-refractivity contribution is 8.00. The number of alkyl halides is 2. The van der Waals surface area contributed by atoms with Crippen LogP contribution in [0.1, 0.15) is 20.3 Å². The van der Waals surface area contributed by atoms with Crippen LogP contribution in [0.4, 0.5) is 8.78 Å². The van der Waals surface area contributed by atoms with Gasteiger partial charge < -0.3 is 9.57 Å². The molecule has 0 spiro atoms. The van der Waals surface area contributed by atoms with Crippen molar-refractivity contribution in [2.24, 2.45) is 11.1 Å². The van der Waals surface area contributed by atoms with Crippen LogP contribution < -0.4 is 0 Å². The van der Waals surface area contributed by atoms with Crippen molar-refractivity contribution >= 4 is 23.4 Å². The van der Waals surface area contributed by atoms with E-state index in [1.54, 1.807) is 13.8 Å². The van der Waals surface area contributed by atoms with Gasteiger partial charge in [0.25, 0.3) is 5.92 Å². The zero-order valence-electron chi connectivity index (χ0n) is 10.6. The van der Waals surface area contributed by atoms with Crippen LogP contribution in [0.2, 0.25) is 0 Å². The Morgan fingerprint density at radius 2 is 2.22 bits per heavy atom. The predicted octanol–water partition coefficient (Wildman–Crippen LogP) is 2.33. The number of hydrogen-bond donors (Lipinski definition) is 0. The number of nitrogens with zero attached hydrogens (tertiary/aromatic N) is 1. The Kier molecular flexibility index (Phi) is 5.37. The molecule has 0 N–H and O–H groups in total. The van der Waals surface area contributed by atoms with Gasteiger partial charge in [0.05, 0.1) is 11.9 Å². The Balaban J connectivity index is 2.47. The van der Waals surface area contributed by atoms with Crippen molar-refractivity contribution in [1.82, 2.24) is 0 Å². The Labute approximate surface area is 109 Å². The number of hydrogen-bond acceptors (Lipinski definition) is 5. The molecule has 0 aromatic rings. The second kappa shape index (κ2) is 6.36. The third-order valence-electron chi connectivity index (χ3n) is 2.56. The van der Waals surface area contributed by atoms with Crippen LogP contribution in [-0.4, -0.2) is 42.3 Å². The molecule has 0 heterocycles. The highest BCUT2D eigenvalue weighted by Gasteiger charge is 2.56. The molecule has 1 aliphatic rings. The highest BCUT2D eigenvalue weighted by atomic mass is 32.2. The number of ether oxygens (including phenoxy) is 1. The number of esters is 1. The van der Waals surface area contributed by atoms with Crippen molar-refractivity contribution in [2.75, 3.05) is 19.5 Å². The number of halogens is 2. The fourth-order valence-corrected chi connectivity index (χ4v) is 2.55. The summed E-state index contributed by atoms with van der Waals surface area (Å²) in [5.74, 6) is -3.39. The summed E-state index contributed by atoms with van der Waals surface area (Å²) in [6.45, 7) is 3.64. The van der Waals surface area contributed by atoms with E-state index in [1.165, 1.54) is 18.9 Å². The van der Waals surface area contributed by atoms with E-state index in [0.29, 0.717) is 5.75 Å². The first-order valence-electron chi connectivity index (χ1n) is 5.70. The molecule has 18 heavy (non-hydrogen) atoms. The molecular formula is C11H17F2NO3S. The minimum absolute atomic E-state index is 0.0666. The van der Waals surface area contributed by atoms with Crippen LogP contribution in [0, 0.1) is 5.92 Å². The molecule has 0 amide bonds. The van der Waals surface area contributed by atoms with Gasteiger partial charge in [0.2, 0.25) is 0 Å². The molecule has 7 heteroatoms. The SMILES string of the molecule is CCOC(=O)C(=NOC)C(C)SCC1CC1(F)F. The molecule has 4 nitrogen and oxygen atoms in total. The summed E-state index contributed by atoms with van der Waals surface area (Å²) >= 11 is 1.26. The van der Waals surface area contributed by atoms with E-state index in [9.17, 15) is 13.6 Å². The average Bonchev–Trinajstić information content (AvgIpc) is 2.91. The number of thioether (sulfide) groups is 1. The van der Waals surface area contributed by atoms with Crippen LogP contribution in [0.5, 0.6) is 0 Å². The molecule has 0 aromatic heterocycles. The number of carbonyl (C=O) groups is 1. The van der Waals surface area contributed by atoms with Gasteiger partial charge in [0.1, 0.15) is 7.11 Å². The second-order valence-electron chi connectivity index (χ2n) is 4.02. The molecule has 1 fully saturated rings. The van der Waals surface area contributed by atoms with Crippen LogP contribution in [0.3, 0.4) is 0 Å². The zero-order chi connectivity index (χ0) is 13.8. The molecule has 2 atom stereocenters. The van der Waals surface area contributed by atoms with Crippen LogP contribution >= 0.6 is 11.8 Å². The first-order chi connectivity index (χ1) is 8.42. The topological polar surface area (TPSA) is 47.9 Å². The largest absolute Gasteiger partial charge is 0.461 e. The van der Waals surface area contributed by atoms with Crippen molar-refractivity contribution in [3.8, 4) is 0 Å². The van der Waals surface area contributed by atoms with Gasteiger partial charge in [-0.2, -0.15) is 11.8 Å². The van der Waals surface area contributed by atoms with Crippen molar-refractivity contribution < 1.29 is 23.1 Å². The van der Waals surface area contributed by atoms with E-state index in [4.69, 9.17) is 4.74 Å². The molecule has 2 unspecified atom stereocenters. The van der Waals surface area contributed by atoms with Gasteiger partial charge in [-0.3, -0.25) is 0 Å². The summed E-state index contributed by atoms with van der Waals surface area (Å²) < 4.78 is 30.3. The molecule has 0 radical (unpaired) electrons. The molecule has 0 saturated heterocycles. The van der Waals surface area contributed by atoms with Crippen LogP contribution in [0.25, 0.3) is 0 Å². The fourth-order valence-electron chi connectivity index (χ4n) is 1.37. The first kappa shape index (κ1) is 15.2. The molecule has 1 rings (SSSR count). The van der Waals surface area contributed by atoms with Crippen LogP contribution in [0.15, 0.2) is 5.16 Å². The summed E-state index contributed by atoms with van der Waals surface area (Å²) in [6, 6.07) is 0. The minimum atomic E-state index is -2.53. The smallest absolute Gasteiger partial charge is 0.357 e. The molecule has 1 saturated carbocycles. The Morgan fingerprint density at radius 1 is 1.61 bits per heavy atom. The van der Waals surface area contributed by atoms with Crippen LogP contribution in [-0.2, 0) is 14.4 Å². The standard InChI is InChI=1S/C11H17F2NO3S/c1-4-17-10(15)9(14-16-3)7(2)18-6-8-5-11(8,12)13/h7-8H,4-6H2,1-3H3. The van der Waals surface area contributed by atoms with E-state index in [-0.39, 0.29) is 24.0 Å². The van der Waals surface area contributed by atoms with E-state index in [0.717, 1.165) is 0 Å². The fraction of sp³-hybridized carbons (Fsp3) is 0.818. The molecule has 1 aliphatic carbocycles. The Bertz CT molecular complexity index is 336. The van der Waals surface area contributed by atoms with Gasteiger partial charge in [0, 0.05) is 18.1 Å². The van der Waals surface area contributed by atoms with Crippen molar-refractivity contribution in [3.63, 3.8) is 0 Å².